The molecular formula is C20H23N3O3S. The fourth-order valence-corrected chi connectivity index (χ4v) is 4.52. The molecule has 3 aliphatic heterocycles. The number of carbonyl (C=O) groups is 2. The molecule has 142 valence electrons. The van der Waals surface area contributed by atoms with Crippen LogP contribution in [0.3, 0.4) is 0 Å². The average molecular weight is 385 g/mol. The summed E-state index contributed by atoms with van der Waals surface area (Å²) in [5.74, 6) is 1.13. The van der Waals surface area contributed by atoms with Gasteiger partial charge in [0.15, 0.2) is 5.06 Å². The molecule has 1 unspecified atom stereocenters. The number of carbonyl (C=O) groups excluding carboxylic acids is 2. The largest absolute Gasteiger partial charge is 0.447 e. The van der Waals surface area contributed by atoms with E-state index in [4.69, 9.17) is 4.74 Å². The van der Waals surface area contributed by atoms with Crippen LogP contribution in [0.4, 0.5) is 5.69 Å². The molecule has 1 atom stereocenters. The first-order valence-electron chi connectivity index (χ1n) is 9.24. The number of benzene rings is 1. The average Bonchev–Trinajstić information content (AvgIpc) is 3.09. The predicted molar refractivity (Wildman–Crippen MR) is 106 cm³/mol. The van der Waals surface area contributed by atoms with Crippen molar-refractivity contribution in [2.45, 2.75) is 25.8 Å². The Kier molecular flexibility index (Phi) is 5.13. The first-order valence-corrected chi connectivity index (χ1v) is 10.1. The van der Waals surface area contributed by atoms with E-state index in [-0.39, 0.29) is 17.9 Å². The smallest absolute Gasteiger partial charge is 0.251 e. The van der Waals surface area contributed by atoms with Crippen LogP contribution in [0.15, 0.2) is 35.7 Å². The maximum atomic E-state index is 12.6. The standard InChI is InChI=1S/C20H23N3O3S/c1-13(24)21-16-10-19(27-12-16)26-17-4-2-15(3-5-17)20(25)22-18-11-23-8-6-14(18)7-9-23/h2-5,10,12,14,18H,6-9,11H2,1H3,(H,21,24)(H,22,25). The molecule has 1 aromatic heterocycles. The second-order valence-electron chi connectivity index (χ2n) is 7.18. The van der Waals surface area contributed by atoms with Gasteiger partial charge in [0.1, 0.15) is 5.75 Å². The molecule has 2 amide bonds. The van der Waals surface area contributed by atoms with E-state index in [1.165, 1.54) is 31.1 Å². The van der Waals surface area contributed by atoms with Crippen molar-refractivity contribution in [2.24, 2.45) is 5.92 Å². The topological polar surface area (TPSA) is 70.7 Å². The van der Waals surface area contributed by atoms with E-state index in [1.807, 2.05) is 5.38 Å². The van der Waals surface area contributed by atoms with Crippen molar-refractivity contribution < 1.29 is 14.3 Å². The lowest BCUT2D eigenvalue weighted by atomic mass is 9.84. The molecule has 0 radical (unpaired) electrons. The van der Waals surface area contributed by atoms with Gasteiger partial charge in [-0.15, -0.1) is 11.3 Å². The number of ether oxygens (including phenoxy) is 1. The van der Waals surface area contributed by atoms with Crippen molar-refractivity contribution in [1.82, 2.24) is 10.2 Å². The molecule has 1 aromatic carbocycles. The minimum Gasteiger partial charge on any atom is -0.447 e. The van der Waals surface area contributed by atoms with Crippen molar-refractivity contribution in [2.75, 3.05) is 25.0 Å². The lowest BCUT2D eigenvalue weighted by Crippen LogP contribution is -2.57. The highest BCUT2D eigenvalue weighted by Gasteiger charge is 2.34. The molecular weight excluding hydrogens is 362 g/mol. The van der Waals surface area contributed by atoms with E-state index < -0.39 is 0 Å². The summed E-state index contributed by atoms with van der Waals surface area (Å²) in [6, 6.07) is 9.20. The van der Waals surface area contributed by atoms with Crippen LogP contribution in [0, 0.1) is 5.92 Å². The third-order valence-corrected chi connectivity index (χ3v) is 6.01. The minimum absolute atomic E-state index is 0.0237. The molecule has 0 aliphatic carbocycles. The van der Waals surface area contributed by atoms with Gasteiger partial charge in [-0.3, -0.25) is 9.59 Å². The van der Waals surface area contributed by atoms with Crippen molar-refractivity contribution in [3.05, 3.63) is 41.3 Å². The van der Waals surface area contributed by atoms with E-state index in [2.05, 4.69) is 15.5 Å². The number of anilines is 1. The highest BCUT2D eigenvalue weighted by atomic mass is 32.1. The Balaban J connectivity index is 1.35. The van der Waals surface area contributed by atoms with E-state index in [9.17, 15) is 9.59 Å². The first kappa shape index (κ1) is 18.0. The van der Waals surface area contributed by atoms with Gasteiger partial charge in [0.2, 0.25) is 5.91 Å². The number of amides is 2. The number of rotatable bonds is 5. The molecule has 3 aliphatic rings. The third-order valence-electron chi connectivity index (χ3n) is 5.20. The number of thiophene rings is 1. The maximum absolute atomic E-state index is 12.6. The van der Waals surface area contributed by atoms with Gasteiger partial charge in [-0.25, -0.2) is 0 Å². The summed E-state index contributed by atoms with van der Waals surface area (Å²) in [4.78, 5) is 26.1. The fourth-order valence-electron chi connectivity index (χ4n) is 3.81. The Morgan fingerprint density at radius 1 is 1.19 bits per heavy atom. The summed E-state index contributed by atoms with van der Waals surface area (Å²) in [7, 11) is 0. The second-order valence-corrected chi connectivity index (χ2v) is 8.05. The van der Waals surface area contributed by atoms with Gasteiger partial charge < -0.3 is 20.3 Å². The molecule has 2 N–H and O–H groups in total. The van der Waals surface area contributed by atoms with Crippen molar-refractivity contribution in [3.63, 3.8) is 0 Å². The maximum Gasteiger partial charge on any atom is 0.251 e. The molecule has 0 saturated carbocycles. The number of nitrogens with one attached hydrogen (secondary N) is 2. The Bertz CT molecular complexity index is 825. The van der Waals surface area contributed by atoms with Crippen LogP contribution in [0.2, 0.25) is 0 Å². The van der Waals surface area contributed by atoms with Gasteiger partial charge in [-0.05, 0) is 56.1 Å². The number of nitrogens with zero attached hydrogens (tertiary/aromatic N) is 1. The number of hydrogen-bond acceptors (Lipinski definition) is 5. The van der Waals surface area contributed by atoms with Crippen molar-refractivity contribution >= 4 is 28.8 Å². The van der Waals surface area contributed by atoms with Crippen LogP contribution >= 0.6 is 11.3 Å². The molecule has 6 nitrogen and oxygen atoms in total. The lowest BCUT2D eigenvalue weighted by Gasteiger charge is -2.44. The lowest BCUT2D eigenvalue weighted by molar-refractivity contribution is -0.114. The van der Waals surface area contributed by atoms with E-state index >= 15 is 0 Å². The van der Waals surface area contributed by atoms with Crippen LogP contribution in [-0.2, 0) is 4.79 Å². The van der Waals surface area contributed by atoms with Crippen LogP contribution in [0.5, 0.6) is 10.8 Å². The van der Waals surface area contributed by atoms with Gasteiger partial charge in [-0.2, -0.15) is 0 Å². The van der Waals surface area contributed by atoms with E-state index in [0.29, 0.717) is 22.3 Å². The second kappa shape index (κ2) is 7.70. The SMILES string of the molecule is CC(=O)Nc1csc(Oc2ccc(C(=O)NC3CN4CCC3CC4)cc2)c1. The molecule has 3 saturated heterocycles. The monoisotopic (exact) mass is 385 g/mol. The van der Waals surface area contributed by atoms with E-state index in [0.717, 1.165) is 25.3 Å². The summed E-state index contributed by atoms with van der Waals surface area (Å²) in [5.41, 5.74) is 1.36. The van der Waals surface area contributed by atoms with Gasteiger partial charge in [0.25, 0.3) is 5.91 Å². The summed E-state index contributed by atoms with van der Waals surface area (Å²) >= 11 is 1.41. The Labute approximate surface area is 162 Å². The highest BCUT2D eigenvalue weighted by molar-refractivity contribution is 7.12. The quantitative estimate of drug-likeness (QED) is 0.828. The molecule has 2 bridgehead atoms. The van der Waals surface area contributed by atoms with Gasteiger partial charge in [-0.1, -0.05) is 0 Å². The van der Waals surface area contributed by atoms with Crippen LogP contribution in [0.1, 0.15) is 30.1 Å². The van der Waals surface area contributed by atoms with Crippen molar-refractivity contribution in [1.29, 1.82) is 0 Å². The zero-order valence-electron chi connectivity index (χ0n) is 15.2. The van der Waals surface area contributed by atoms with Crippen LogP contribution in [-0.4, -0.2) is 42.4 Å². The molecule has 3 fully saturated rings. The summed E-state index contributed by atoms with van der Waals surface area (Å²) in [6.07, 6.45) is 2.36. The summed E-state index contributed by atoms with van der Waals surface area (Å²) < 4.78 is 5.79. The van der Waals surface area contributed by atoms with Crippen molar-refractivity contribution in [3.8, 4) is 10.8 Å². The number of piperidine rings is 3. The molecule has 4 heterocycles. The Morgan fingerprint density at radius 2 is 1.93 bits per heavy atom. The number of hydrogen-bond donors (Lipinski definition) is 2. The zero-order valence-corrected chi connectivity index (χ0v) is 16.1. The van der Waals surface area contributed by atoms with Gasteiger partial charge in [0, 0.05) is 36.5 Å². The summed E-state index contributed by atoms with van der Waals surface area (Å²) in [5, 5.41) is 8.43. The molecule has 0 spiro atoms. The molecule has 7 heteroatoms. The molecule has 27 heavy (non-hydrogen) atoms. The highest BCUT2D eigenvalue weighted by Crippen LogP contribution is 2.31. The molecule has 5 rings (SSSR count). The van der Waals surface area contributed by atoms with Gasteiger partial charge >= 0.3 is 0 Å². The fraction of sp³-hybridized carbons (Fsp3) is 0.400. The van der Waals surface area contributed by atoms with Gasteiger partial charge in [0.05, 0.1) is 5.69 Å². The summed E-state index contributed by atoms with van der Waals surface area (Å²) in [6.45, 7) is 4.76. The Morgan fingerprint density at radius 3 is 2.56 bits per heavy atom. The predicted octanol–water partition coefficient (Wildman–Crippen LogP) is 3.32. The van der Waals surface area contributed by atoms with Crippen LogP contribution < -0.4 is 15.4 Å². The number of fused-ring (bicyclic) bond motifs is 3. The first-order chi connectivity index (χ1) is 13.1. The van der Waals surface area contributed by atoms with Crippen LogP contribution in [0.25, 0.3) is 0 Å². The zero-order chi connectivity index (χ0) is 18.8. The normalized spacial score (nSPS) is 23.7. The Hall–Kier alpha value is -2.38. The third kappa shape index (κ3) is 4.31. The minimum atomic E-state index is -0.113. The molecule has 2 aromatic rings. The van der Waals surface area contributed by atoms with E-state index in [1.54, 1.807) is 30.3 Å².